The molecule has 1 unspecified atom stereocenters. The van der Waals surface area contributed by atoms with Crippen molar-refractivity contribution in [3.05, 3.63) is 83.9 Å². The van der Waals surface area contributed by atoms with Gasteiger partial charge in [0.15, 0.2) is 0 Å². The van der Waals surface area contributed by atoms with E-state index in [-0.39, 0.29) is 20.8 Å². The molecule has 4 rings (SSSR count). The zero-order valence-corrected chi connectivity index (χ0v) is 18.5. The Morgan fingerprint density at radius 3 is 2.53 bits per heavy atom. The van der Waals surface area contributed by atoms with E-state index >= 15 is 0 Å². The van der Waals surface area contributed by atoms with E-state index in [0.29, 0.717) is 6.54 Å². The molecule has 7 nitrogen and oxygen atoms in total. The average Bonchev–Trinajstić information content (AvgIpc) is 2.82. The van der Waals surface area contributed by atoms with Gasteiger partial charge in [-0.05, 0) is 49.2 Å². The van der Waals surface area contributed by atoms with Gasteiger partial charge in [-0.1, -0.05) is 29.8 Å². The van der Waals surface area contributed by atoms with Crippen LogP contribution < -0.4 is 15.4 Å². The summed E-state index contributed by atoms with van der Waals surface area (Å²) in [7, 11) is 1.66. The van der Waals surface area contributed by atoms with Crippen LogP contribution in [0.5, 0.6) is 5.75 Å². The Labute approximate surface area is 191 Å². The molecular formula is C25H33N5O2. The summed E-state index contributed by atoms with van der Waals surface area (Å²) in [5.74, 6) is 1.77. The summed E-state index contributed by atoms with van der Waals surface area (Å²) in [4.78, 5) is 23.8. The van der Waals surface area contributed by atoms with Gasteiger partial charge in [0, 0.05) is 46.0 Å². The Bertz CT molecular complexity index is 1020. The maximum absolute atomic E-state index is 12.7. The molecule has 170 valence electrons. The normalized spacial score (nSPS) is 18.7. The predicted octanol–water partition coefficient (Wildman–Crippen LogP) is 4.47. The van der Waals surface area contributed by atoms with E-state index < -0.39 is 0 Å². The molecule has 32 heavy (non-hydrogen) atoms. The van der Waals surface area contributed by atoms with Crippen LogP contribution in [0.2, 0.25) is 0 Å². The quantitative estimate of drug-likeness (QED) is 0.597. The standard InChI is InChI=1S/C25H29N5O2.2H2/c1-18-4-8-20(9-5-18)28-25(31)29-23-12-15-30(17-24-26-13-3-14-27-24)16-22(23)19-6-10-21(32-2)11-7-19;;/h3-11,13-14,22-23H,12,15-17H2,1-2H3,(H2,28,29,31);2*1H/t22?,23-;;/m1../s1. The molecule has 1 aliphatic heterocycles. The van der Waals surface area contributed by atoms with Crippen molar-refractivity contribution in [2.24, 2.45) is 0 Å². The van der Waals surface area contributed by atoms with Gasteiger partial charge in [-0.25, -0.2) is 14.8 Å². The fraction of sp³-hybridized carbons (Fsp3) is 0.320. The maximum Gasteiger partial charge on any atom is 0.319 e. The number of piperidine rings is 1. The number of nitrogens with one attached hydrogen (secondary N) is 2. The van der Waals surface area contributed by atoms with Crippen molar-refractivity contribution in [1.29, 1.82) is 0 Å². The van der Waals surface area contributed by atoms with E-state index in [1.54, 1.807) is 19.5 Å². The topological polar surface area (TPSA) is 79.4 Å². The Morgan fingerprint density at radius 1 is 1.12 bits per heavy atom. The molecule has 2 amide bonds. The van der Waals surface area contributed by atoms with E-state index in [1.165, 1.54) is 5.56 Å². The molecule has 1 aromatic heterocycles. The number of amides is 2. The van der Waals surface area contributed by atoms with Crippen LogP contribution in [0.15, 0.2) is 67.0 Å². The van der Waals surface area contributed by atoms with Gasteiger partial charge in [-0.15, -0.1) is 0 Å². The van der Waals surface area contributed by atoms with Crippen LogP contribution >= 0.6 is 0 Å². The Morgan fingerprint density at radius 2 is 1.84 bits per heavy atom. The first kappa shape index (κ1) is 21.8. The monoisotopic (exact) mass is 435 g/mol. The number of aromatic nitrogens is 2. The third-order valence-corrected chi connectivity index (χ3v) is 5.85. The minimum atomic E-state index is -0.183. The molecule has 0 aliphatic carbocycles. The Balaban J connectivity index is 0.00000204. The van der Waals surface area contributed by atoms with Crippen molar-refractivity contribution < 1.29 is 12.4 Å². The number of aryl methyl sites for hydroxylation is 1. The number of ether oxygens (including phenoxy) is 1. The molecule has 2 atom stereocenters. The molecule has 0 spiro atoms. The Kier molecular flexibility index (Phi) is 6.97. The van der Waals surface area contributed by atoms with Crippen LogP contribution in [0, 0.1) is 6.92 Å². The number of nitrogens with zero attached hydrogens (tertiary/aromatic N) is 3. The molecule has 2 aromatic carbocycles. The first-order valence-electron chi connectivity index (χ1n) is 10.9. The number of carbonyl (C=O) groups excluding carboxylic acids is 1. The molecule has 1 aliphatic rings. The lowest BCUT2D eigenvalue weighted by Gasteiger charge is -2.39. The van der Waals surface area contributed by atoms with Crippen molar-refractivity contribution in [2.75, 3.05) is 25.5 Å². The molecule has 2 heterocycles. The van der Waals surface area contributed by atoms with Crippen LogP contribution in [0.25, 0.3) is 0 Å². The minimum absolute atomic E-state index is 0. The first-order valence-corrected chi connectivity index (χ1v) is 10.9. The SMILES string of the molecule is COc1ccc(C2CN(Cc3ncccn3)CC[C@H]2NC(=O)Nc2ccc(C)cc2)cc1.[HH].[HH]. The van der Waals surface area contributed by atoms with E-state index in [9.17, 15) is 4.79 Å². The van der Waals surface area contributed by atoms with Gasteiger partial charge in [-0.2, -0.15) is 0 Å². The van der Waals surface area contributed by atoms with Crippen LogP contribution in [0.1, 0.15) is 32.1 Å². The number of carbonyl (C=O) groups is 1. The van der Waals surface area contributed by atoms with Crippen molar-refractivity contribution >= 4 is 11.7 Å². The van der Waals surface area contributed by atoms with Crippen molar-refractivity contribution in [2.45, 2.75) is 31.8 Å². The highest BCUT2D eigenvalue weighted by atomic mass is 16.5. The highest BCUT2D eigenvalue weighted by Gasteiger charge is 2.32. The summed E-state index contributed by atoms with van der Waals surface area (Å²) in [6, 6.07) is 17.6. The number of anilines is 1. The molecule has 1 fully saturated rings. The van der Waals surface area contributed by atoms with Crippen LogP contribution in [0.4, 0.5) is 10.5 Å². The zero-order chi connectivity index (χ0) is 22.3. The molecule has 2 N–H and O–H groups in total. The smallest absolute Gasteiger partial charge is 0.319 e. The maximum atomic E-state index is 12.7. The summed E-state index contributed by atoms with van der Waals surface area (Å²) in [6.07, 6.45) is 4.38. The van der Waals surface area contributed by atoms with Gasteiger partial charge in [-0.3, -0.25) is 4.90 Å². The van der Waals surface area contributed by atoms with Gasteiger partial charge in [0.2, 0.25) is 0 Å². The first-order chi connectivity index (χ1) is 15.6. The van der Waals surface area contributed by atoms with E-state index in [1.807, 2.05) is 49.4 Å². The summed E-state index contributed by atoms with van der Waals surface area (Å²) < 4.78 is 5.32. The van der Waals surface area contributed by atoms with E-state index in [2.05, 4.69) is 37.6 Å². The second kappa shape index (κ2) is 10.2. The lowest BCUT2D eigenvalue weighted by atomic mass is 9.86. The lowest BCUT2D eigenvalue weighted by Crippen LogP contribution is -2.50. The fourth-order valence-electron chi connectivity index (χ4n) is 4.11. The number of methoxy groups -OCH3 is 1. The number of likely N-dealkylation sites (tertiary alicyclic amines) is 1. The summed E-state index contributed by atoms with van der Waals surface area (Å²) in [6.45, 7) is 4.38. The average molecular weight is 436 g/mol. The van der Waals surface area contributed by atoms with Crippen molar-refractivity contribution in [1.82, 2.24) is 20.2 Å². The molecule has 1 saturated heterocycles. The van der Waals surface area contributed by atoms with Gasteiger partial charge < -0.3 is 15.4 Å². The van der Waals surface area contributed by atoms with Crippen LogP contribution in [-0.4, -0.2) is 47.1 Å². The number of rotatable bonds is 6. The third-order valence-electron chi connectivity index (χ3n) is 5.85. The van der Waals surface area contributed by atoms with Crippen LogP contribution in [0.3, 0.4) is 0 Å². The minimum Gasteiger partial charge on any atom is -0.497 e. The summed E-state index contributed by atoms with van der Waals surface area (Å²) >= 11 is 0. The molecule has 3 aromatic rings. The number of benzene rings is 2. The molecular weight excluding hydrogens is 402 g/mol. The number of hydrogen-bond acceptors (Lipinski definition) is 5. The largest absolute Gasteiger partial charge is 0.497 e. The highest BCUT2D eigenvalue weighted by Crippen LogP contribution is 2.29. The lowest BCUT2D eigenvalue weighted by molar-refractivity contribution is 0.165. The van der Waals surface area contributed by atoms with Gasteiger partial charge in [0.05, 0.1) is 13.7 Å². The third kappa shape index (κ3) is 5.62. The number of hydrogen-bond donors (Lipinski definition) is 2. The van der Waals surface area contributed by atoms with E-state index in [4.69, 9.17) is 4.74 Å². The van der Waals surface area contributed by atoms with E-state index in [0.717, 1.165) is 42.3 Å². The molecule has 0 saturated carbocycles. The molecule has 0 bridgehead atoms. The summed E-state index contributed by atoms with van der Waals surface area (Å²) in [5, 5.41) is 6.16. The fourth-order valence-corrected chi connectivity index (χ4v) is 4.11. The second-order valence-electron chi connectivity index (χ2n) is 8.14. The molecule has 0 radical (unpaired) electrons. The second-order valence-corrected chi connectivity index (χ2v) is 8.14. The van der Waals surface area contributed by atoms with Gasteiger partial charge in [0.25, 0.3) is 0 Å². The highest BCUT2D eigenvalue weighted by molar-refractivity contribution is 5.89. The number of urea groups is 1. The molecule has 7 heteroatoms. The van der Waals surface area contributed by atoms with Crippen molar-refractivity contribution in [3.8, 4) is 5.75 Å². The van der Waals surface area contributed by atoms with Gasteiger partial charge in [0.1, 0.15) is 11.6 Å². The van der Waals surface area contributed by atoms with Crippen LogP contribution in [-0.2, 0) is 6.54 Å². The van der Waals surface area contributed by atoms with Crippen molar-refractivity contribution in [3.63, 3.8) is 0 Å². The van der Waals surface area contributed by atoms with Gasteiger partial charge >= 0.3 is 6.03 Å². The summed E-state index contributed by atoms with van der Waals surface area (Å²) in [5.41, 5.74) is 3.11. The Hall–Kier alpha value is -3.45. The zero-order valence-electron chi connectivity index (χ0n) is 18.5. The predicted molar refractivity (Wildman–Crippen MR) is 129 cm³/mol.